The number of hydrogen-bond acceptors (Lipinski definition) is 5. The molecule has 1 aliphatic rings. The number of carbonyl (C=O) groups excluding carboxylic acids is 1. The molecule has 1 aromatic rings. The van der Waals surface area contributed by atoms with Gasteiger partial charge in [0.15, 0.2) is 0 Å². The fourth-order valence-corrected chi connectivity index (χ4v) is 2.42. The normalized spacial score (nSPS) is 19.1. The van der Waals surface area contributed by atoms with Gasteiger partial charge >= 0.3 is 6.18 Å². The molecule has 1 atom stereocenters. The first-order valence-corrected chi connectivity index (χ1v) is 7.63. The molecule has 0 saturated carbocycles. The zero-order valence-corrected chi connectivity index (χ0v) is 13.3. The summed E-state index contributed by atoms with van der Waals surface area (Å²) >= 11 is 0. The van der Waals surface area contributed by atoms with Gasteiger partial charge in [0.05, 0.1) is 26.4 Å². The standard InChI is InChI=1S/C15H20F3N3O3/c1-2-24-14-11(4-3-5-19-14)8-20-13(22)12-9-23-7-6-21(12)10-15(16,17)18/h3-5,12H,2,6-10H2,1H3,(H,20,22)/t12-/m0/s1. The molecular formula is C15H20F3N3O3. The quantitative estimate of drug-likeness (QED) is 0.842. The Bertz CT molecular complexity index is 554. The Labute approximate surface area is 137 Å². The van der Waals surface area contributed by atoms with Gasteiger partial charge in [-0.3, -0.25) is 9.69 Å². The third-order valence-electron chi connectivity index (χ3n) is 3.51. The highest BCUT2D eigenvalue weighted by molar-refractivity contribution is 5.82. The van der Waals surface area contributed by atoms with Crippen LogP contribution in [0.2, 0.25) is 0 Å². The zero-order chi connectivity index (χ0) is 17.6. The largest absolute Gasteiger partial charge is 0.478 e. The van der Waals surface area contributed by atoms with Gasteiger partial charge in [0.25, 0.3) is 0 Å². The number of aromatic nitrogens is 1. The summed E-state index contributed by atoms with van der Waals surface area (Å²) in [5.41, 5.74) is 0.659. The minimum absolute atomic E-state index is 0.0622. The summed E-state index contributed by atoms with van der Waals surface area (Å²) in [4.78, 5) is 17.4. The van der Waals surface area contributed by atoms with Gasteiger partial charge in [-0.1, -0.05) is 6.07 Å². The van der Waals surface area contributed by atoms with Crippen molar-refractivity contribution in [3.8, 4) is 5.88 Å². The van der Waals surface area contributed by atoms with Crippen LogP contribution in [0.5, 0.6) is 5.88 Å². The highest BCUT2D eigenvalue weighted by Crippen LogP contribution is 2.20. The molecule has 6 nitrogen and oxygen atoms in total. The Morgan fingerprint density at radius 3 is 3.04 bits per heavy atom. The van der Waals surface area contributed by atoms with Gasteiger partial charge in [-0.05, 0) is 13.0 Å². The maximum atomic E-state index is 12.6. The number of rotatable bonds is 6. The molecule has 9 heteroatoms. The van der Waals surface area contributed by atoms with Crippen LogP contribution in [0, 0.1) is 0 Å². The lowest BCUT2D eigenvalue weighted by Crippen LogP contribution is -2.55. The molecule has 0 aliphatic carbocycles. The Morgan fingerprint density at radius 2 is 2.33 bits per heavy atom. The SMILES string of the molecule is CCOc1ncccc1CNC(=O)[C@@H]1COCCN1CC(F)(F)F. The third-order valence-corrected chi connectivity index (χ3v) is 3.51. The molecule has 24 heavy (non-hydrogen) atoms. The summed E-state index contributed by atoms with van der Waals surface area (Å²) in [5.74, 6) is -0.113. The number of morpholine rings is 1. The lowest BCUT2D eigenvalue weighted by Gasteiger charge is -2.34. The van der Waals surface area contributed by atoms with E-state index in [1.807, 2.05) is 6.92 Å². The van der Waals surface area contributed by atoms with Gasteiger partial charge in [0.2, 0.25) is 11.8 Å². The molecule has 0 radical (unpaired) electrons. The second-order valence-electron chi connectivity index (χ2n) is 5.29. The molecule has 1 aliphatic heterocycles. The van der Waals surface area contributed by atoms with E-state index >= 15 is 0 Å². The average Bonchev–Trinajstić information content (AvgIpc) is 2.53. The highest BCUT2D eigenvalue weighted by Gasteiger charge is 2.38. The van der Waals surface area contributed by atoms with Crippen molar-refractivity contribution in [1.82, 2.24) is 15.2 Å². The molecule has 2 rings (SSSR count). The predicted molar refractivity (Wildman–Crippen MR) is 79.5 cm³/mol. The number of nitrogens with one attached hydrogen (secondary N) is 1. The maximum absolute atomic E-state index is 12.6. The predicted octanol–water partition coefficient (Wildman–Crippen LogP) is 1.36. The summed E-state index contributed by atoms with van der Waals surface area (Å²) in [6, 6.07) is 2.47. The topological polar surface area (TPSA) is 63.7 Å². The Hall–Kier alpha value is -1.87. The number of ether oxygens (including phenoxy) is 2. The number of nitrogens with zero attached hydrogens (tertiary/aromatic N) is 2. The monoisotopic (exact) mass is 347 g/mol. The molecule has 0 aromatic carbocycles. The van der Waals surface area contributed by atoms with Gasteiger partial charge in [0.1, 0.15) is 6.04 Å². The van der Waals surface area contributed by atoms with Crippen LogP contribution in [-0.4, -0.2) is 60.9 Å². The van der Waals surface area contributed by atoms with Crippen molar-refractivity contribution in [2.45, 2.75) is 25.7 Å². The first-order chi connectivity index (χ1) is 11.4. The molecule has 0 bridgehead atoms. The molecule has 1 saturated heterocycles. The van der Waals surface area contributed by atoms with E-state index in [-0.39, 0.29) is 26.3 Å². The fourth-order valence-electron chi connectivity index (χ4n) is 2.42. The Kier molecular flexibility index (Phi) is 6.38. The molecule has 1 aromatic heterocycles. The van der Waals surface area contributed by atoms with Crippen LogP contribution in [0.4, 0.5) is 13.2 Å². The molecule has 1 amide bonds. The lowest BCUT2D eigenvalue weighted by molar-refractivity contribution is -0.166. The maximum Gasteiger partial charge on any atom is 0.401 e. The smallest absolute Gasteiger partial charge is 0.401 e. The first-order valence-electron chi connectivity index (χ1n) is 7.63. The zero-order valence-electron chi connectivity index (χ0n) is 13.3. The number of pyridine rings is 1. The van der Waals surface area contributed by atoms with Gasteiger partial charge in [-0.2, -0.15) is 13.2 Å². The van der Waals surface area contributed by atoms with Crippen molar-refractivity contribution in [1.29, 1.82) is 0 Å². The molecule has 0 unspecified atom stereocenters. The van der Waals surface area contributed by atoms with Gasteiger partial charge in [-0.15, -0.1) is 0 Å². The summed E-state index contributed by atoms with van der Waals surface area (Å²) in [6.45, 7) is 1.40. The van der Waals surface area contributed by atoms with E-state index < -0.39 is 24.7 Å². The van der Waals surface area contributed by atoms with E-state index in [9.17, 15) is 18.0 Å². The number of carbonyl (C=O) groups is 1. The first kappa shape index (κ1) is 18.5. The summed E-state index contributed by atoms with van der Waals surface area (Å²) in [5, 5.41) is 2.64. The number of halogens is 3. The van der Waals surface area contributed by atoms with E-state index in [0.717, 1.165) is 4.90 Å². The van der Waals surface area contributed by atoms with Crippen molar-refractivity contribution in [2.75, 3.05) is 32.9 Å². The molecule has 2 heterocycles. The second kappa shape index (κ2) is 8.29. The van der Waals surface area contributed by atoms with Gasteiger partial charge < -0.3 is 14.8 Å². The summed E-state index contributed by atoms with van der Waals surface area (Å²) in [7, 11) is 0. The molecule has 1 fully saturated rings. The fraction of sp³-hybridized carbons (Fsp3) is 0.600. The average molecular weight is 347 g/mol. The highest BCUT2D eigenvalue weighted by atomic mass is 19.4. The van der Waals surface area contributed by atoms with Gasteiger partial charge in [-0.25, -0.2) is 4.98 Å². The summed E-state index contributed by atoms with van der Waals surface area (Å²) in [6.07, 6.45) is -2.79. The molecule has 0 spiro atoms. The van der Waals surface area contributed by atoms with Crippen molar-refractivity contribution in [3.63, 3.8) is 0 Å². The summed E-state index contributed by atoms with van der Waals surface area (Å²) < 4.78 is 48.4. The van der Waals surface area contributed by atoms with Crippen molar-refractivity contribution in [2.24, 2.45) is 0 Å². The lowest BCUT2D eigenvalue weighted by atomic mass is 10.2. The van der Waals surface area contributed by atoms with Crippen LogP contribution >= 0.6 is 0 Å². The van der Waals surface area contributed by atoms with Crippen LogP contribution in [0.15, 0.2) is 18.3 Å². The molecular weight excluding hydrogens is 327 g/mol. The number of alkyl halides is 3. The van der Waals surface area contributed by atoms with Crippen LogP contribution in [0.25, 0.3) is 0 Å². The minimum Gasteiger partial charge on any atom is -0.478 e. The van der Waals surface area contributed by atoms with Crippen LogP contribution in [-0.2, 0) is 16.1 Å². The van der Waals surface area contributed by atoms with Crippen LogP contribution in [0.1, 0.15) is 12.5 Å². The van der Waals surface area contributed by atoms with Crippen LogP contribution < -0.4 is 10.1 Å². The van der Waals surface area contributed by atoms with Crippen molar-refractivity contribution >= 4 is 5.91 Å². The Morgan fingerprint density at radius 1 is 1.54 bits per heavy atom. The van der Waals surface area contributed by atoms with Crippen molar-refractivity contribution in [3.05, 3.63) is 23.9 Å². The van der Waals surface area contributed by atoms with E-state index in [1.54, 1.807) is 18.3 Å². The number of hydrogen-bond donors (Lipinski definition) is 1. The minimum atomic E-state index is -4.36. The molecule has 1 N–H and O–H groups in total. The van der Waals surface area contributed by atoms with E-state index in [4.69, 9.17) is 9.47 Å². The van der Waals surface area contributed by atoms with E-state index in [2.05, 4.69) is 10.3 Å². The number of amides is 1. The molecule has 134 valence electrons. The third kappa shape index (κ3) is 5.34. The van der Waals surface area contributed by atoms with Crippen molar-refractivity contribution < 1.29 is 27.4 Å². The van der Waals surface area contributed by atoms with E-state index in [0.29, 0.717) is 18.1 Å². The van der Waals surface area contributed by atoms with E-state index in [1.165, 1.54) is 0 Å². The van der Waals surface area contributed by atoms with Crippen LogP contribution in [0.3, 0.4) is 0 Å². The Balaban J connectivity index is 1.97. The second-order valence-corrected chi connectivity index (χ2v) is 5.29. The van der Waals surface area contributed by atoms with Gasteiger partial charge in [0, 0.05) is 24.8 Å².